The summed E-state index contributed by atoms with van der Waals surface area (Å²) in [7, 11) is 3.17. The highest BCUT2D eigenvalue weighted by atomic mass is 16.5. The van der Waals surface area contributed by atoms with E-state index < -0.39 is 0 Å². The van der Waals surface area contributed by atoms with Gasteiger partial charge in [0.25, 0.3) is 0 Å². The number of rotatable bonds is 4. The SMILES string of the molecule is COc1ccc2c(c1)c1c(n2Cc2ccc(C=O)cc2)CN2CC1C(=O)N(C)C2=O. The maximum absolute atomic E-state index is 13.0. The Hall–Kier alpha value is -3.61. The van der Waals surface area contributed by atoms with Crippen molar-refractivity contribution in [3.8, 4) is 5.75 Å². The van der Waals surface area contributed by atoms with Gasteiger partial charge in [-0.05, 0) is 29.3 Å². The molecule has 3 amide bonds. The molecule has 1 fully saturated rings. The topological polar surface area (TPSA) is 71.8 Å². The Morgan fingerprint density at radius 1 is 1.13 bits per heavy atom. The fourth-order valence-electron chi connectivity index (χ4n) is 4.61. The Kier molecular flexibility index (Phi) is 4.13. The monoisotopic (exact) mass is 403 g/mol. The average Bonchev–Trinajstić information content (AvgIpc) is 3.09. The zero-order valence-corrected chi connectivity index (χ0v) is 16.8. The van der Waals surface area contributed by atoms with E-state index in [9.17, 15) is 14.4 Å². The first-order valence-corrected chi connectivity index (χ1v) is 9.81. The Morgan fingerprint density at radius 3 is 2.60 bits per heavy atom. The molecule has 30 heavy (non-hydrogen) atoms. The zero-order chi connectivity index (χ0) is 21.0. The molecule has 2 aliphatic heterocycles. The van der Waals surface area contributed by atoms with E-state index in [1.165, 1.54) is 4.90 Å². The van der Waals surface area contributed by atoms with Crippen LogP contribution in [0, 0.1) is 0 Å². The number of benzene rings is 2. The summed E-state index contributed by atoms with van der Waals surface area (Å²) in [5.74, 6) is 0.173. The Bertz CT molecular complexity index is 1200. The van der Waals surface area contributed by atoms with Gasteiger partial charge in [-0.15, -0.1) is 0 Å². The molecule has 0 radical (unpaired) electrons. The van der Waals surface area contributed by atoms with Crippen molar-refractivity contribution in [3.05, 3.63) is 64.8 Å². The van der Waals surface area contributed by atoms with E-state index in [0.29, 0.717) is 25.2 Å². The van der Waals surface area contributed by atoms with Gasteiger partial charge >= 0.3 is 6.03 Å². The Morgan fingerprint density at radius 2 is 1.90 bits per heavy atom. The Balaban J connectivity index is 1.70. The first kappa shape index (κ1) is 18.4. The highest BCUT2D eigenvalue weighted by Crippen LogP contribution is 2.41. The second kappa shape index (κ2) is 6.73. The molecule has 5 rings (SSSR count). The lowest BCUT2D eigenvalue weighted by Crippen LogP contribution is -2.56. The molecule has 1 aromatic heterocycles. The molecule has 7 nitrogen and oxygen atoms in total. The number of likely N-dealkylation sites (N-methyl/N-ethyl adjacent to an activating group) is 1. The van der Waals surface area contributed by atoms with E-state index in [1.807, 2.05) is 30.3 Å². The van der Waals surface area contributed by atoms with Crippen molar-refractivity contribution in [2.24, 2.45) is 0 Å². The number of aldehydes is 1. The summed E-state index contributed by atoms with van der Waals surface area (Å²) in [5, 5.41) is 0.981. The molecule has 0 saturated carbocycles. The summed E-state index contributed by atoms with van der Waals surface area (Å²) in [6.45, 7) is 1.43. The van der Waals surface area contributed by atoms with Crippen molar-refractivity contribution in [3.63, 3.8) is 0 Å². The molecule has 1 atom stereocenters. The molecule has 152 valence electrons. The Labute approximate surface area is 173 Å². The number of aromatic nitrogens is 1. The van der Waals surface area contributed by atoms with Crippen LogP contribution in [0.3, 0.4) is 0 Å². The van der Waals surface area contributed by atoms with Gasteiger partial charge in [0.1, 0.15) is 12.0 Å². The van der Waals surface area contributed by atoms with Crippen molar-refractivity contribution in [1.82, 2.24) is 14.4 Å². The van der Waals surface area contributed by atoms with E-state index in [4.69, 9.17) is 4.74 Å². The van der Waals surface area contributed by atoms with E-state index in [1.54, 1.807) is 31.2 Å². The van der Waals surface area contributed by atoms with Gasteiger partial charge in [-0.3, -0.25) is 14.5 Å². The minimum atomic E-state index is -0.384. The molecule has 3 heterocycles. The van der Waals surface area contributed by atoms with Crippen LogP contribution in [0.25, 0.3) is 10.9 Å². The third-order valence-corrected chi connectivity index (χ3v) is 6.16. The number of ether oxygens (including phenoxy) is 1. The molecule has 1 unspecified atom stereocenters. The first-order valence-electron chi connectivity index (χ1n) is 9.81. The van der Waals surface area contributed by atoms with Crippen LogP contribution in [0.1, 0.15) is 33.1 Å². The fraction of sp³-hybridized carbons (Fsp3) is 0.261. The lowest BCUT2D eigenvalue weighted by Gasteiger charge is -2.41. The van der Waals surface area contributed by atoms with E-state index in [0.717, 1.165) is 39.8 Å². The standard InChI is InChI=1S/C23H21N3O4/c1-24-22(28)18-11-25(23(24)29)12-20-21(18)17-9-16(30-2)7-8-19(17)26(20)10-14-3-5-15(13-27)6-4-14/h3-9,13,18H,10-12H2,1-2H3. The van der Waals surface area contributed by atoms with Crippen LogP contribution in [0.2, 0.25) is 0 Å². The second-order valence-corrected chi connectivity index (χ2v) is 7.80. The van der Waals surface area contributed by atoms with Gasteiger partial charge in [0.05, 0.1) is 19.6 Å². The van der Waals surface area contributed by atoms with Gasteiger partial charge in [0, 0.05) is 42.3 Å². The number of carbonyl (C=O) groups excluding carboxylic acids is 3. The summed E-state index contributed by atoms with van der Waals surface area (Å²) in [6.07, 6.45) is 0.825. The first-order chi connectivity index (χ1) is 14.5. The molecule has 3 aromatic rings. The predicted octanol–water partition coefficient (Wildman–Crippen LogP) is 3.00. The number of hydrogen-bond acceptors (Lipinski definition) is 4. The molecule has 1 saturated heterocycles. The fourth-order valence-corrected chi connectivity index (χ4v) is 4.61. The lowest BCUT2D eigenvalue weighted by molar-refractivity contribution is -0.132. The van der Waals surface area contributed by atoms with Gasteiger partial charge in [0.15, 0.2) is 0 Å². The maximum Gasteiger partial charge on any atom is 0.326 e. The summed E-state index contributed by atoms with van der Waals surface area (Å²) in [6, 6.07) is 13.1. The summed E-state index contributed by atoms with van der Waals surface area (Å²) >= 11 is 0. The molecular weight excluding hydrogens is 382 g/mol. The number of amides is 3. The minimum absolute atomic E-state index is 0.172. The molecular formula is C23H21N3O4. The van der Waals surface area contributed by atoms with Gasteiger partial charge in [-0.25, -0.2) is 4.79 Å². The van der Waals surface area contributed by atoms with Crippen LogP contribution in [-0.4, -0.2) is 53.3 Å². The van der Waals surface area contributed by atoms with Crippen LogP contribution in [-0.2, 0) is 17.9 Å². The second-order valence-electron chi connectivity index (χ2n) is 7.80. The number of imide groups is 1. The van der Waals surface area contributed by atoms with Crippen LogP contribution in [0.15, 0.2) is 42.5 Å². The van der Waals surface area contributed by atoms with Gasteiger partial charge in [-0.2, -0.15) is 0 Å². The van der Waals surface area contributed by atoms with Crippen molar-refractivity contribution in [1.29, 1.82) is 0 Å². The molecule has 2 aromatic carbocycles. The number of methoxy groups -OCH3 is 1. The van der Waals surface area contributed by atoms with Crippen molar-refractivity contribution < 1.29 is 19.1 Å². The van der Waals surface area contributed by atoms with Crippen molar-refractivity contribution in [2.45, 2.75) is 19.0 Å². The molecule has 0 aliphatic carbocycles. The van der Waals surface area contributed by atoms with Crippen molar-refractivity contribution in [2.75, 3.05) is 20.7 Å². The highest BCUT2D eigenvalue weighted by Gasteiger charge is 2.44. The van der Waals surface area contributed by atoms with Crippen LogP contribution >= 0.6 is 0 Å². The number of fused-ring (bicyclic) bond motifs is 6. The molecule has 0 N–H and O–H groups in total. The van der Waals surface area contributed by atoms with E-state index in [-0.39, 0.29) is 17.9 Å². The number of urea groups is 1. The maximum atomic E-state index is 13.0. The summed E-state index contributed by atoms with van der Waals surface area (Å²) in [4.78, 5) is 39.5. The normalized spacial score (nSPS) is 18.0. The minimum Gasteiger partial charge on any atom is -0.497 e. The van der Waals surface area contributed by atoms with E-state index >= 15 is 0 Å². The molecule has 2 aliphatic rings. The largest absolute Gasteiger partial charge is 0.497 e. The van der Waals surface area contributed by atoms with Crippen LogP contribution < -0.4 is 4.74 Å². The quantitative estimate of drug-likeness (QED) is 0.628. The smallest absolute Gasteiger partial charge is 0.326 e. The molecule has 7 heteroatoms. The third kappa shape index (κ3) is 2.62. The molecule has 0 spiro atoms. The predicted molar refractivity (Wildman–Crippen MR) is 111 cm³/mol. The summed E-state index contributed by atoms with van der Waals surface area (Å²) < 4.78 is 7.60. The molecule has 2 bridgehead atoms. The average molecular weight is 403 g/mol. The van der Waals surface area contributed by atoms with E-state index in [2.05, 4.69) is 4.57 Å². The number of nitrogens with zero attached hydrogens (tertiary/aromatic N) is 3. The van der Waals surface area contributed by atoms with Crippen molar-refractivity contribution >= 4 is 29.1 Å². The van der Waals surface area contributed by atoms with Crippen LogP contribution in [0.5, 0.6) is 5.75 Å². The number of hydrogen-bond donors (Lipinski definition) is 0. The van der Waals surface area contributed by atoms with Gasteiger partial charge < -0.3 is 14.2 Å². The third-order valence-electron chi connectivity index (χ3n) is 6.16. The number of carbonyl (C=O) groups is 3. The van der Waals surface area contributed by atoms with Gasteiger partial charge in [-0.1, -0.05) is 24.3 Å². The lowest BCUT2D eigenvalue weighted by atomic mass is 9.89. The summed E-state index contributed by atoms with van der Waals surface area (Å²) in [5.41, 5.74) is 4.62. The highest BCUT2D eigenvalue weighted by molar-refractivity contribution is 6.04. The van der Waals surface area contributed by atoms with Gasteiger partial charge in [0.2, 0.25) is 5.91 Å². The zero-order valence-electron chi connectivity index (χ0n) is 16.8. The van der Waals surface area contributed by atoms with Crippen LogP contribution in [0.4, 0.5) is 4.79 Å².